The van der Waals surface area contributed by atoms with Crippen molar-refractivity contribution >= 4 is 11.6 Å². The van der Waals surface area contributed by atoms with Crippen LogP contribution < -0.4 is 15.8 Å². The lowest BCUT2D eigenvalue weighted by Crippen LogP contribution is -2.43. The molecule has 1 aliphatic rings. The van der Waals surface area contributed by atoms with Crippen molar-refractivity contribution in [1.82, 2.24) is 5.32 Å². The highest BCUT2D eigenvalue weighted by atomic mass is 16.5. The second-order valence-corrected chi connectivity index (χ2v) is 6.77. The van der Waals surface area contributed by atoms with Crippen LogP contribution in [0.3, 0.4) is 0 Å². The van der Waals surface area contributed by atoms with Gasteiger partial charge in [0, 0.05) is 12.2 Å². The summed E-state index contributed by atoms with van der Waals surface area (Å²) in [6.07, 6.45) is 4.77. The first-order valence-corrected chi connectivity index (χ1v) is 8.91. The minimum absolute atomic E-state index is 0.133. The maximum Gasteiger partial charge on any atom is 0.230 e. The minimum Gasteiger partial charge on any atom is -0.497 e. The fourth-order valence-electron chi connectivity index (χ4n) is 3.72. The Kier molecular flexibility index (Phi) is 5.27. The van der Waals surface area contributed by atoms with Crippen LogP contribution in [0.4, 0.5) is 5.69 Å². The third kappa shape index (κ3) is 3.78. The molecule has 0 aliphatic heterocycles. The number of hydrogen-bond donors (Lipinski definition) is 2. The van der Waals surface area contributed by atoms with Gasteiger partial charge in [0.05, 0.1) is 12.5 Å². The molecule has 0 unspecified atom stereocenters. The number of nitrogens with two attached hydrogens (primary N) is 1. The van der Waals surface area contributed by atoms with Gasteiger partial charge in [-0.1, -0.05) is 37.1 Å². The molecule has 1 saturated carbocycles. The summed E-state index contributed by atoms with van der Waals surface area (Å²) in [4.78, 5) is 13.0. The molecule has 4 heteroatoms. The zero-order valence-corrected chi connectivity index (χ0v) is 14.8. The molecule has 0 bridgehead atoms. The number of hydrogen-bond acceptors (Lipinski definition) is 3. The number of ether oxygens (including phenoxy) is 1. The smallest absolute Gasteiger partial charge is 0.230 e. The molecule has 132 valence electrons. The van der Waals surface area contributed by atoms with Crippen LogP contribution in [0, 0.1) is 0 Å². The van der Waals surface area contributed by atoms with Crippen molar-refractivity contribution < 1.29 is 9.53 Å². The van der Waals surface area contributed by atoms with Crippen LogP contribution in [0.2, 0.25) is 0 Å². The first kappa shape index (κ1) is 17.3. The van der Waals surface area contributed by atoms with E-state index in [1.807, 2.05) is 48.5 Å². The average Bonchev–Trinajstić information content (AvgIpc) is 3.14. The molecule has 1 fully saturated rings. The molecule has 2 aromatic carbocycles. The molecule has 0 radical (unpaired) electrons. The quantitative estimate of drug-likeness (QED) is 0.793. The van der Waals surface area contributed by atoms with Crippen LogP contribution in [-0.2, 0) is 16.6 Å². The molecule has 2 aromatic rings. The SMILES string of the molecule is COc1cccc(C2(C(=O)NCCc3ccc(N)cc3)CCCC2)c1. The summed E-state index contributed by atoms with van der Waals surface area (Å²) in [6, 6.07) is 15.8. The summed E-state index contributed by atoms with van der Waals surface area (Å²) in [7, 11) is 1.66. The predicted octanol–water partition coefficient (Wildman–Crippen LogP) is 3.45. The Hall–Kier alpha value is -2.49. The van der Waals surface area contributed by atoms with Crippen molar-refractivity contribution in [2.75, 3.05) is 19.4 Å². The number of rotatable bonds is 6. The van der Waals surface area contributed by atoms with Crippen molar-refractivity contribution in [3.8, 4) is 5.75 Å². The predicted molar refractivity (Wildman–Crippen MR) is 101 cm³/mol. The summed E-state index contributed by atoms with van der Waals surface area (Å²) in [5.74, 6) is 0.937. The molecular formula is C21H26N2O2. The molecule has 4 nitrogen and oxygen atoms in total. The summed E-state index contributed by atoms with van der Waals surface area (Å²) < 4.78 is 5.35. The third-order valence-electron chi connectivity index (χ3n) is 5.19. The third-order valence-corrected chi connectivity index (χ3v) is 5.19. The molecule has 0 aromatic heterocycles. The minimum atomic E-state index is -0.421. The van der Waals surface area contributed by atoms with E-state index < -0.39 is 5.41 Å². The molecule has 1 aliphatic carbocycles. The van der Waals surface area contributed by atoms with E-state index in [1.165, 1.54) is 5.56 Å². The molecule has 0 atom stereocenters. The van der Waals surface area contributed by atoms with Crippen LogP contribution >= 0.6 is 0 Å². The topological polar surface area (TPSA) is 64.3 Å². The highest BCUT2D eigenvalue weighted by Gasteiger charge is 2.42. The zero-order valence-electron chi connectivity index (χ0n) is 14.8. The lowest BCUT2D eigenvalue weighted by Gasteiger charge is -2.28. The van der Waals surface area contributed by atoms with Crippen molar-refractivity contribution in [3.05, 3.63) is 59.7 Å². The summed E-state index contributed by atoms with van der Waals surface area (Å²) in [6.45, 7) is 0.633. The van der Waals surface area contributed by atoms with Gasteiger partial charge in [0.1, 0.15) is 5.75 Å². The molecule has 0 heterocycles. The van der Waals surface area contributed by atoms with E-state index in [4.69, 9.17) is 10.5 Å². The van der Waals surface area contributed by atoms with Crippen molar-refractivity contribution in [3.63, 3.8) is 0 Å². The molecule has 0 spiro atoms. The van der Waals surface area contributed by atoms with Gasteiger partial charge < -0.3 is 15.8 Å². The Morgan fingerprint density at radius 3 is 2.56 bits per heavy atom. The van der Waals surface area contributed by atoms with Gasteiger partial charge in [-0.25, -0.2) is 0 Å². The van der Waals surface area contributed by atoms with Gasteiger partial charge in [-0.15, -0.1) is 0 Å². The van der Waals surface area contributed by atoms with Crippen LogP contribution in [0.25, 0.3) is 0 Å². The molecule has 3 rings (SSSR count). The van der Waals surface area contributed by atoms with Gasteiger partial charge in [-0.3, -0.25) is 4.79 Å². The molecule has 3 N–H and O–H groups in total. The molecule has 25 heavy (non-hydrogen) atoms. The Bertz CT molecular complexity index is 719. The fourth-order valence-corrected chi connectivity index (χ4v) is 3.72. The average molecular weight is 338 g/mol. The van der Waals surface area contributed by atoms with Crippen molar-refractivity contribution in [2.45, 2.75) is 37.5 Å². The zero-order chi connectivity index (χ0) is 17.7. The Labute approximate surface area is 149 Å². The lowest BCUT2D eigenvalue weighted by molar-refractivity contribution is -0.126. The lowest BCUT2D eigenvalue weighted by atomic mass is 9.78. The van der Waals surface area contributed by atoms with Crippen LogP contribution in [0.5, 0.6) is 5.75 Å². The molecule has 1 amide bonds. The van der Waals surface area contributed by atoms with Crippen LogP contribution in [0.15, 0.2) is 48.5 Å². The van der Waals surface area contributed by atoms with E-state index in [9.17, 15) is 4.79 Å². The summed E-state index contributed by atoms with van der Waals surface area (Å²) in [5, 5.41) is 3.15. The number of benzene rings is 2. The Morgan fingerprint density at radius 1 is 1.16 bits per heavy atom. The first-order valence-electron chi connectivity index (χ1n) is 8.91. The highest BCUT2D eigenvalue weighted by Crippen LogP contribution is 2.42. The van der Waals surface area contributed by atoms with Gasteiger partial charge >= 0.3 is 0 Å². The number of nitrogen functional groups attached to an aromatic ring is 1. The number of anilines is 1. The monoisotopic (exact) mass is 338 g/mol. The highest BCUT2D eigenvalue weighted by molar-refractivity contribution is 5.88. The Balaban J connectivity index is 1.69. The number of carbonyl (C=O) groups excluding carboxylic acids is 1. The van der Waals surface area contributed by atoms with E-state index in [1.54, 1.807) is 7.11 Å². The first-order chi connectivity index (χ1) is 12.1. The van der Waals surface area contributed by atoms with Crippen molar-refractivity contribution in [1.29, 1.82) is 0 Å². The van der Waals surface area contributed by atoms with E-state index in [0.29, 0.717) is 6.54 Å². The maximum absolute atomic E-state index is 13.0. The summed E-state index contributed by atoms with van der Waals surface area (Å²) >= 11 is 0. The van der Waals surface area contributed by atoms with Crippen LogP contribution in [-0.4, -0.2) is 19.6 Å². The normalized spacial score (nSPS) is 15.7. The van der Waals surface area contributed by atoms with E-state index in [2.05, 4.69) is 5.32 Å². The maximum atomic E-state index is 13.0. The number of nitrogens with one attached hydrogen (secondary N) is 1. The fraction of sp³-hybridized carbons (Fsp3) is 0.381. The second kappa shape index (κ2) is 7.60. The number of methoxy groups -OCH3 is 1. The largest absolute Gasteiger partial charge is 0.497 e. The van der Waals surface area contributed by atoms with Gasteiger partial charge in [0.15, 0.2) is 0 Å². The summed E-state index contributed by atoms with van der Waals surface area (Å²) in [5.41, 5.74) is 8.29. The van der Waals surface area contributed by atoms with E-state index >= 15 is 0 Å². The van der Waals surface area contributed by atoms with E-state index in [0.717, 1.165) is 49.1 Å². The number of carbonyl (C=O) groups is 1. The van der Waals surface area contributed by atoms with E-state index in [-0.39, 0.29) is 5.91 Å². The van der Waals surface area contributed by atoms with Gasteiger partial charge in [0.25, 0.3) is 0 Å². The van der Waals surface area contributed by atoms with Crippen molar-refractivity contribution in [2.24, 2.45) is 0 Å². The molecule has 0 saturated heterocycles. The van der Waals surface area contributed by atoms with Gasteiger partial charge in [-0.05, 0) is 54.7 Å². The Morgan fingerprint density at radius 2 is 1.88 bits per heavy atom. The second-order valence-electron chi connectivity index (χ2n) is 6.77. The number of amides is 1. The van der Waals surface area contributed by atoms with Gasteiger partial charge in [-0.2, -0.15) is 0 Å². The van der Waals surface area contributed by atoms with Gasteiger partial charge in [0.2, 0.25) is 5.91 Å². The van der Waals surface area contributed by atoms with Crippen LogP contribution in [0.1, 0.15) is 36.8 Å². The standard InChI is InChI=1S/C21H26N2O2/c1-25-19-6-4-5-17(15-19)21(12-2-3-13-21)20(24)23-14-11-16-7-9-18(22)10-8-16/h4-10,15H,2-3,11-14,22H2,1H3,(H,23,24). The molecular weight excluding hydrogens is 312 g/mol.